The van der Waals surface area contributed by atoms with Crippen LogP contribution in [-0.4, -0.2) is 0 Å². The molecular weight excluding hydrogens is 194 g/mol. The molecule has 0 N–H and O–H groups in total. The van der Waals surface area contributed by atoms with Gasteiger partial charge in [-0.1, -0.05) is 0 Å². The smallest absolute Gasteiger partial charge is 2.00 e. The molecule has 0 fully saturated rings. The zero-order valence-electron chi connectivity index (χ0n) is 2.74. The Morgan fingerprint density at radius 2 is 1.00 bits per heavy atom. The maximum absolute atomic E-state index is 7.88. The summed E-state index contributed by atoms with van der Waals surface area (Å²) in [6.45, 7) is 0. The minimum atomic E-state index is 0. The van der Waals surface area contributed by atoms with Gasteiger partial charge in [0.05, 0.1) is 0 Å². The van der Waals surface area contributed by atoms with Crippen LogP contribution in [0, 0.1) is 0 Å². The van der Waals surface area contributed by atoms with Crippen LogP contribution in [0.5, 0.6) is 0 Å². The Bertz CT molecular complexity index is 8.04. The largest absolute Gasteiger partial charge is 4.00 e. The van der Waals surface area contributed by atoms with Crippen molar-refractivity contribution >= 4 is 0 Å². The van der Waals surface area contributed by atoms with Crippen LogP contribution in [0.15, 0.2) is 0 Å². The van der Waals surface area contributed by atoms with E-state index in [4.69, 9.17) is 10.5 Å². The zero-order valence-corrected chi connectivity index (χ0v) is 4.90. The molecule has 0 aromatic heterocycles. The molecule has 0 unspecified atom stereocenters. The summed E-state index contributed by atoms with van der Waals surface area (Å²) in [4.78, 5) is 0. The molecule has 0 rings (SSSR count). The summed E-state index contributed by atoms with van der Waals surface area (Å²) in [5.74, 6) is 0. The normalized spacial score (nSPS) is 2.57. The fraction of sp³-hybridized carbons (Fsp3) is 0. The van der Waals surface area contributed by atoms with Crippen molar-refractivity contribution in [2.24, 2.45) is 0 Å². The maximum atomic E-state index is 7.88. The van der Waals surface area contributed by atoms with E-state index < -0.39 is 0 Å². The Balaban J connectivity index is -0.00000000333. The molecule has 5 nitrogen and oxygen atoms in total. The first-order valence-corrected chi connectivity index (χ1v) is 0.333. The van der Waals surface area contributed by atoms with Gasteiger partial charge in [0.2, 0.25) is 0 Å². The van der Waals surface area contributed by atoms with Crippen LogP contribution in [0.3, 0.4) is 0 Å². The van der Waals surface area contributed by atoms with E-state index in [-0.39, 0.29) is 44.5 Å². The molecule has 0 heterocycles. The second kappa shape index (κ2) is 70.0. The summed E-state index contributed by atoms with van der Waals surface area (Å²) in [6, 6.07) is 0. The molecule has 0 atom stereocenters. The van der Waals surface area contributed by atoms with Crippen LogP contribution in [0.4, 0.5) is 0 Å². The zero-order chi connectivity index (χ0) is 2.71. The Morgan fingerprint density at radius 3 is 1.00 bits per heavy atom. The summed E-state index contributed by atoms with van der Waals surface area (Å²) in [5.41, 5.74) is 0. The third-order valence-electron chi connectivity index (χ3n) is 0. The van der Waals surface area contributed by atoms with E-state index in [1.165, 1.54) is 0 Å². The third-order valence-corrected chi connectivity index (χ3v) is 0. The van der Waals surface area contributed by atoms with Crippen LogP contribution in [0.2, 0.25) is 0 Å². The fourth-order valence-electron chi connectivity index (χ4n) is 0. The molecule has 0 amide bonds. The average molecular weight is 194 g/mol. The van der Waals surface area contributed by atoms with Gasteiger partial charge < -0.3 is 26.5 Å². The molecule has 0 aliphatic heterocycles. The van der Waals surface area contributed by atoms with E-state index in [1.54, 1.807) is 5.04 Å². The fourth-order valence-corrected chi connectivity index (χ4v) is 0. The first kappa shape index (κ1) is 45.8. The third kappa shape index (κ3) is 239. The monoisotopic (exact) mass is 193 g/mol. The number of hydrogen-bond donors (Lipinski definition) is 0. The second-order valence-corrected chi connectivity index (χ2v) is 0.0680. The van der Waals surface area contributed by atoms with E-state index in [0.717, 1.165) is 0 Å². The van der Waals surface area contributed by atoms with Crippen molar-refractivity contribution in [1.29, 1.82) is 0 Å². The molecule has 0 aliphatic rings. The van der Waals surface area contributed by atoms with Crippen molar-refractivity contribution in [2.45, 2.75) is 0 Å². The standard InChI is InChI=1S/Mn.Ni.H2O3.2O/c;;1-3-2;;/h;;1-2H;;/q+4;+2;;2*-2/p-2. The van der Waals surface area contributed by atoms with Crippen molar-refractivity contribution in [3.05, 3.63) is 0 Å². The van der Waals surface area contributed by atoms with Crippen molar-refractivity contribution in [3.8, 4) is 0 Å². The Kier molecular flexibility index (Phi) is 459. The Labute approximate surface area is 60.5 Å². The van der Waals surface area contributed by atoms with E-state index in [2.05, 4.69) is 0 Å². The van der Waals surface area contributed by atoms with Gasteiger partial charge >= 0.3 is 33.6 Å². The summed E-state index contributed by atoms with van der Waals surface area (Å²) >= 11 is 0. The van der Waals surface area contributed by atoms with E-state index in [0.29, 0.717) is 0 Å². The van der Waals surface area contributed by atoms with Crippen LogP contribution in [-0.2, 0) is 49.6 Å². The van der Waals surface area contributed by atoms with Crippen LogP contribution >= 0.6 is 0 Å². The topological polar surface area (TPSA) is 112 Å². The molecule has 0 aromatic carbocycles. The van der Waals surface area contributed by atoms with Gasteiger partial charge in [0, 0.05) is 0 Å². The predicted octanol–water partition coefficient (Wildman–Crippen LogP) is -2.69. The molecule has 0 aromatic rings. The number of rotatable bonds is 0. The van der Waals surface area contributed by atoms with E-state index in [9.17, 15) is 0 Å². The van der Waals surface area contributed by atoms with Gasteiger partial charge in [0.15, 0.2) is 0 Å². The molecule has 1 radical (unpaired) electrons. The van der Waals surface area contributed by atoms with Gasteiger partial charge in [-0.05, 0) is 0 Å². The van der Waals surface area contributed by atoms with Gasteiger partial charge in [0.25, 0.3) is 0 Å². The second-order valence-electron chi connectivity index (χ2n) is 0.0680. The molecule has 0 bridgehead atoms. The maximum Gasteiger partial charge on any atom is 4.00 e. The average Bonchev–Trinajstić information content (AvgIpc) is 0.918. The van der Waals surface area contributed by atoms with Gasteiger partial charge in [-0.3, -0.25) is 0 Å². The van der Waals surface area contributed by atoms with Crippen molar-refractivity contribution in [1.82, 2.24) is 0 Å². The minimum absolute atomic E-state index is 0. The summed E-state index contributed by atoms with van der Waals surface area (Å²) in [6.07, 6.45) is 0. The summed E-state index contributed by atoms with van der Waals surface area (Å²) in [5, 5.41) is 17.5. The molecule has 47 valence electrons. The molecule has 0 aliphatic carbocycles. The molecule has 0 spiro atoms. The number of hydrogen-bond acceptors (Lipinski definition) is 3. The van der Waals surface area contributed by atoms with Crippen LogP contribution < -0.4 is 10.5 Å². The molecule has 7 heavy (non-hydrogen) atoms. The molecule has 0 saturated carbocycles. The van der Waals surface area contributed by atoms with E-state index in [1.807, 2.05) is 0 Å². The first-order chi connectivity index (χ1) is 1.41. The van der Waals surface area contributed by atoms with Crippen LogP contribution in [0.25, 0.3) is 0 Å². The molecule has 0 saturated heterocycles. The van der Waals surface area contributed by atoms with Gasteiger partial charge in [-0.25, -0.2) is 0 Å². The van der Waals surface area contributed by atoms with E-state index >= 15 is 0 Å². The predicted molar refractivity (Wildman–Crippen MR) is 2.46 cm³/mol. The van der Waals surface area contributed by atoms with Crippen molar-refractivity contribution in [3.63, 3.8) is 0 Å². The summed E-state index contributed by atoms with van der Waals surface area (Å²) in [7, 11) is 0. The Hall–Kier alpha value is 0.813. The quantitative estimate of drug-likeness (QED) is 0.237. The summed E-state index contributed by atoms with van der Waals surface area (Å²) < 4.78 is 0. The van der Waals surface area contributed by atoms with Gasteiger partial charge in [-0.15, -0.1) is 0 Å². The van der Waals surface area contributed by atoms with Gasteiger partial charge in [0.1, 0.15) is 0 Å². The minimum Gasteiger partial charge on any atom is -2.00 e. The SMILES string of the molecule is [Mn+4].[Ni+2].[O-2].[O-2].[O-]O[O-]. The van der Waals surface area contributed by atoms with Crippen LogP contribution in [0.1, 0.15) is 0 Å². The van der Waals surface area contributed by atoms with Gasteiger partial charge in [-0.2, -0.15) is 0 Å². The Morgan fingerprint density at radius 1 is 1.00 bits per heavy atom. The first-order valence-electron chi connectivity index (χ1n) is 0.333. The van der Waals surface area contributed by atoms with Crippen molar-refractivity contribution in [2.75, 3.05) is 0 Å². The van der Waals surface area contributed by atoms with Crippen molar-refractivity contribution < 1.29 is 60.1 Å². The molecule has 7 heteroatoms. The molecular formula is MnNiO5.